The largest absolute Gasteiger partial charge is 0.492 e. The van der Waals surface area contributed by atoms with E-state index < -0.39 is 0 Å². The molecule has 3 heteroatoms. The van der Waals surface area contributed by atoms with Crippen LogP contribution in [-0.4, -0.2) is 18.8 Å². The van der Waals surface area contributed by atoms with Crippen LogP contribution in [0.25, 0.3) is 0 Å². The standard InChI is InChI=1S/C18H25NO2/c1-5-7-11-20-14-8-9-15-16(19-10-6-2)13-18(3,4)21-17(15)12-14/h1,8-9,12,16,19H,6-7,10-11,13H2,2-4H3. The van der Waals surface area contributed by atoms with Gasteiger partial charge in [0, 0.05) is 30.5 Å². The summed E-state index contributed by atoms with van der Waals surface area (Å²) in [6.45, 7) is 7.99. The van der Waals surface area contributed by atoms with Crippen LogP contribution in [0.15, 0.2) is 18.2 Å². The van der Waals surface area contributed by atoms with Crippen molar-refractivity contribution in [2.75, 3.05) is 13.2 Å². The number of rotatable bonds is 6. The molecule has 0 saturated heterocycles. The molecule has 21 heavy (non-hydrogen) atoms. The van der Waals surface area contributed by atoms with Crippen LogP contribution in [0.1, 0.15) is 51.6 Å². The number of terminal acetylenes is 1. The fourth-order valence-electron chi connectivity index (χ4n) is 2.65. The van der Waals surface area contributed by atoms with Gasteiger partial charge in [0.2, 0.25) is 0 Å². The zero-order valence-corrected chi connectivity index (χ0v) is 13.2. The Balaban J connectivity index is 2.18. The van der Waals surface area contributed by atoms with Gasteiger partial charge in [0.1, 0.15) is 17.1 Å². The van der Waals surface area contributed by atoms with Crippen molar-refractivity contribution < 1.29 is 9.47 Å². The summed E-state index contributed by atoms with van der Waals surface area (Å²) in [5.74, 6) is 4.31. The van der Waals surface area contributed by atoms with E-state index in [2.05, 4.69) is 38.1 Å². The summed E-state index contributed by atoms with van der Waals surface area (Å²) in [5, 5.41) is 3.61. The van der Waals surface area contributed by atoms with Gasteiger partial charge in [0.15, 0.2) is 0 Å². The smallest absolute Gasteiger partial charge is 0.128 e. The topological polar surface area (TPSA) is 30.5 Å². The molecule has 0 aliphatic carbocycles. The molecule has 2 rings (SSSR count). The van der Waals surface area contributed by atoms with Crippen LogP contribution in [-0.2, 0) is 0 Å². The van der Waals surface area contributed by atoms with E-state index in [0.717, 1.165) is 30.9 Å². The second-order valence-electron chi connectivity index (χ2n) is 6.07. The van der Waals surface area contributed by atoms with E-state index in [4.69, 9.17) is 15.9 Å². The first-order chi connectivity index (χ1) is 10.1. The molecule has 1 N–H and O–H groups in total. The minimum atomic E-state index is -0.171. The second-order valence-corrected chi connectivity index (χ2v) is 6.07. The van der Waals surface area contributed by atoms with Crippen LogP contribution >= 0.6 is 0 Å². The van der Waals surface area contributed by atoms with Gasteiger partial charge in [-0.15, -0.1) is 12.3 Å². The molecule has 0 spiro atoms. The summed E-state index contributed by atoms with van der Waals surface area (Å²) in [7, 11) is 0. The summed E-state index contributed by atoms with van der Waals surface area (Å²) in [5.41, 5.74) is 1.04. The SMILES string of the molecule is C#CCCOc1ccc2c(c1)OC(C)(C)CC2NCCC. The second kappa shape index (κ2) is 6.87. The van der Waals surface area contributed by atoms with E-state index in [1.54, 1.807) is 0 Å². The Bertz CT molecular complexity index is 516. The van der Waals surface area contributed by atoms with Gasteiger partial charge in [0.05, 0.1) is 6.61 Å². The highest BCUT2D eigenvalue weighted by Crippen LogP contribution is 2.41. The van der Waals surface area contributed by atoms with E-state index >= 15 is 0 Å². The lowest BCUT2D eigenvalue weighted by Gasteiger charge is -2.38. The minimum Gasteiger partial charge on any atom is -0.492 e. The highest BCUT2D eigenvalue weighted by molar-refractivity contribution is 5.44. The first-order valence-corrected chi connectivity index (χ1v) is 7.68. The Morgan fingerprint density at radius 2 is 2.29 bits per heavy atom. The van der Waals surface area contributed by atoms with Gasteiger partial charge in [-0.1, -0.05) is 13.0 Å². The van der Waals surface area contributed by atoms with Crippen molar-refractivity contribution in [1.82, 2.24) is 5.32 Å². The summed E-state index contributed by atoms with van der Waals surface area (Å²) in [6.07, 6.45) is 7.95. The highest BCUT2D eigenvalue weighted by Gasteiger charge is 2.33. The molecule has 0 radical (unpaired) electrons. The van der Waals surface area contributed by atoms with Gasteiger partial charge < -0.3 is 14.8 Å². The zero-order chi connectivity index (χ0) is 15.3. The molecule has 1 aromatic rings. The lowest BCUT2D eigenvalue weighted by molar-refractivity contribution is 0.0657. The van der Waals surface area contributed by atoms with Gasteiger partial charge in [-0.25, -0.2) is 0 Å². The zero-order valence-electron chi connectivity index (χ0n) is 13.2. The van der Waals surface area contributed by atoms with Crippen molar-refractivity contribution in [2.45, 2.75) is 51.7 Å². The third kappa shape index (κ3) is 4.15. The lowest BCUT2D eigenvalue weighted by Crippen LogP contribution is -2.39. The maximum absolute atomic E-state index is 6.12. The van der Waals surface area contributed by atoms with E-state index in [-0.39, 0.29) is 5.60 Å². The van der Waals surface area contributed by atoms with Gasteiger partial charge in [0.25, 0.3) is 0 Å². The maximum Gasteiger partial charge on any atom is 0.128 e. The molecule has 1 heterocycles. The van der Waals surface area contributed by atoms with Crippen molar-refractivity contribution in [3.05, 3.63) is 23.8 Å². The molecule has 0 fully saturated rings. The fourth-order valence-corrected chi connectivity index (χ4v) is 2.65. The average molecular weight is 287 g/mol. The number of fused-ring (bicyclic) bond motifs is 1. The molecule has 0 saturated carbocycles. The predicted octanol–water partition coefficient (Wildman–Crippen LogP) is 3.69. The molecule has 1 atom stereocenters. The van der Waals surface area contributed by atoms with Crippen LogP contribution in [0.5, 0.6) is 11.5 Å². The lowest BCUT2D eigenvalue weighted by atomic mass is 9.89. The predicted molar refractivity (Wildman–Crippen MR) is 85.7 cm³/mol. The Morgan fingerprint density at radius 1 is 1.48 bits per heavy atom. The van der Waals surface area contributed by atoms with Crippen LogP contribution in [0.4, 0.5) is 0 Å². The maximum atomic E-state index is 6.12. The van der Waals surface area contributed by atoms with E-state index in [0.29, 0.717) is 19.1 Å². The monoisotopic (exact) mass is 287 g/mol. The number of hydrogen-bond donors (Lipinski definition) is 1. The normalized spacial score (nSPS) is 19.2. The third-order valence-corrected chi connectivity index (χ3v) is 3.60. The molecule has 0 aromatic heterocycles. The summed E-state index contributed by atoms with van der Waals surface area (Å²) in [6, 6.07) is 6.41. The number of hydrogen-bond acceptors (Lipinski definition) is 3. The number of benzene rings is 1. The molecular weight excluding hydrogens is 262 g/mol. The third-order valence-electron chi connectivity index (χ3n) is 3.60. The van der Waals surface area contributed by atoms with Gasteiger partial charge in [-0.3, -0.25) is 0 Å². The van der Waals surface area contributed by atoms with Crippen LogP contribution in [0.3, 0.4) is 0 Å². The quantitative estimate of drug-likeness (QED) is 0.639. The van der Waals surface area contributed by atoms with Crippen molar-refractivity contribution >= 4 is 0 Å². The van der Waals surface area contributed by atoms with Crippen LogP contribution < -0.4 is 14.8 Å². The minimum absolute atomic E-state index is 0.171. The van der Waals surface area contributed by atoms with E-state index in [1.807, 2.05) is 12.1 Å². The molecule has 0 bridgehead atoms. The van der Waals surface area contributed by atoms with Crippen LogP contribution in [0, 0.1) is 12.3 Å². The highest BCUT2D eigenvalue weighted by atomic mass is 16.5. The Morgan fingerprint density at radius 3 is 3.00 bits per heavy atom. The fraction of sp³-hybridized carbons (Fsp3) is 0.556. The van der Waals surface area contributed by atoms with Crippen molar-refractivity contribution in [2.24, 2.45) is 0 Å². The van der Waals surface area contributed by atoms with Crippen LogP contribution in [0.2, 0.25) is 0 Å². The molecular formula is C18H25NO2. The Labute approximate surface area is 128 Å². The van der Waals surface area contributed by atoms with Gasteiger partial charge in [-0.05, 0) is 32.9 Å². The molecule has 1 unspecified atom stereocenters. The molecule has 1 aliphatic heterocycles. The number of ether oxygens (including phenoxy) is 2. The van der Waals surface area contributed by atoms with E-state index in [9.17, 15) is 0 Å². The molecule has 1 aromatic carbocycles. The van der Waals surface area contributed by atoms with Crippen molar-refractivity contribution in [3.63, 3.8) is 0 Å². The average Bonchev–Trinajstić information content (AvgIpc) is 2.43. The molecule has 114 valence electrons. The Hall–Kier alpha value is -1.66. The van der Waals surface area contributed by atoms with Gasteiger partial charge in [-0.2, -0.15) is 0 Å². The van der Waals surface area contributed by atoms with Crippen molar-refractivity contribution in [1.29, 1.82) is 0 Å². The first-order valence-electron chi connectivity index (χ1n) is 7.68. The molecule has 0 amide bonds. The Kier molecular flexibility index (Phi) is 5.14. The first kappa shape index (κ1) is 15.7. The summed E-state index contributed by atoms with van der Waals surface area (Å²) >= 11 is 0. The number of nitrogens with one attached hydrogen (secondary N) is 1. The van der Waals surface area contributed by atoms with E-state index in [1.165, 1.54) is 5.56 Å². The van der Waals surface area contributed by atoms with Gasteiger partial charge >= 0.3 is 0 Å². The summed E-state index contributed by atoms with van der Waals surface area (Å²) < 4.78 is 11.8. The summed E-state index contributed by atoms with van der Waals surface area (Å²) in [4.78, 5) is 0. The molecule has 3 nitrogen and oxygen atoms in total. The molecule has 1 aliphatic rings. The van der Waals surface area contributed by atoms with Crippen molar-refractivity contribution in [3.8, 4) is 23.8 Å².